The highest BCUT2D eigenvalue weighted by atomic mass is 35.5. The maximum Gasteiger partial charge on any atom is 0.407 e. The molecule has 0 aromatic heterocycles. The summed E-state index contributed by atoms with van der Waals surface area (Å²) in [6, 6.07) is 13.1. The van der Waals surface area contributed by atoms with Crippen LogP contribution in [0, 0.1) is 0 Å². The van der Waals surface area contributed by atoms with E-state index < -0.39 is 22.2 Å². The van der Waals surface area contributed by atoms with Crippen molar-refractivity contribution < 1.29 is 17.9 Å². The molecule has 2 aliphatic heterocycles. The molecule has 1 fully saturated rings. The number of benzene rings is 2. The number of anilines is 1. The zero-order chi connectivity index (χ0) is 23.3. The van der Waals surface area contributed by atoms with E-state index in [1.165, 1.54) is 35.7 Å². The van der Waals surface area contributed by atoms with Crippen molar-refractivity contribution in [1.29, 1.82) is 0 Å². The third-order valence-corrected chi connectivity index (χ3v) is 8.36. The molecule has 1 saturated heterocycles. The number of amides is 1. The zero-order valence-electron chi connectivity index (χ0n) is 18.6. The lowest BCUT2D eigenvalue weighted by atomic mass is 9.98. The van der Waals surface area contributed by atoms with Crippen LogP contribution < -0.4 is 9.62 Å². The van der Waals surface area contributed by atoms with Gasteiger partial charge in [0.05, 0.1) is 16.6 Å². The van der Waals surface area contributed by atoms with Crippen molar-refractivity contribution in [2.24, 2.45) is 0 Å². The number of alkyl carbamates (subject to hydrolysis) is 1. The van der Waals surface area contributed by atoms with E-state index in [0.29, 0.717) is 30.1 Å². The van der Waals surface area contributed by atoms with Crippen LogP contribution in [0.2, 0.25) is 5.02 Å². The van der Waals surface area contributed by atoms with E-state index in [-0.39, 0.29) is 11.5 Å². The average molecular weight is 492 g/mol. The van der Waals surface area contributed by atoms with Crippen LogP contribution in [-0.2, 0) is 21.2 Å². The van der Waals surface area contributed by atoms with Gasteiger partial charge >= 0.3 is 6.09 Å². The molecular weight excluding hydrogens is 462 g/mol. The molecule has 33 heavy (non-hydrogen) atoms. The number of carbonyl (C=O) groups excluding carboxylic acids is 1. The number of piperidine rings is 1. The third kappa shape index (κ3) is 5.80. The minimum absolute atomic E-state index is 0.0172. The second kappa shape index (κ2) is 10.8. The largest absolute Gasteiger partial charge is 0.447 e. The molecule has 0 aliphatic carbocycles. The molecule has 4 rings (SSSR count). The van der Waals surface area contributed by atoms with Crippen molar-refractivity contribution >= 4 is 33.4 Å². The van der Waals surface area contributed by atoms with Crippen molar-refractivity contribution in [2.45, 2.75) is 43.0 Å². The van der Waals surface area contributed by atoms with Crippen LogP contribution in [0.25, 0.3) is 0 Å². The van der Waals surface area contributed by atoms with Crippen LogP contribution in [0.1, 0.15) is 31.2 Å². The van der Waals surface area contributed by atoms with Crippen LogP contribution in [-0.4, -0.2) is 58.2 Å². The summed E-state index contributed by atoms with van der Waals surface area (Å²) in [5.41, 5.74) is 1.58. The Morgan fingerprint density at radius 1 is 1.06 bits per heavy atom. The number of halogens is 1. The van der Waals surface area contributed by atoms with Gasteiger partial charge in [0.15, 0.2) is 0 Å². The summed E-state index contributed by atoms with van der Waals surface area (Å²) in [4.78, 5) is 14.8. The smallest absolute Gasteiger partial charge is 0.407 e. The minimum Gasteiger partial charge on any atom is -0.447 e. The van der Waals surface area contributed by atoms with Gasteiger partial charge in [0.1, 0.15) is 6.61 Å². The summed E-state index contributed by atoms with van der Waals surface area (Å²) in [6.45, 7) is 3.42. The van der Waals surface area contributed by atoms with Gasteiger partial charge < -0.3 is 15.0 Å². The number of fused-ring (bicyclic) bond motifs is 1. The summed E-state index contributed by atoms with van der Waals surface area (Å²) in [5.74, 6) is 0. The van der Waals surface area contributed by atoms with Crippen molar-refractivity contribution in [2.75, 3.05) is 37.1 Å². The van der Waals surface area contributed by atoms with E-state index in [1.54, 1.807) is 18.2 Å². The fourth-order valence-corrected chi connectivity index (χ4v) is 6.32. The first kappa shape index (κ1) is 23.9. The first-order valence-corrected chi connectivity index (χ1v) is 13.3. The second-order valence-corrected chi connectivity index (χ2v) is 10.8. The number of ether oxygens (including phenoxy) is 1. The molecule has 2 aromatic rings. The van der Waals surface area contributed by atoms with Gasteiger partial charge in [0.2, 0.25) is 0 Å². The Balaban J connectivity index is 1.44. The Morgan fingerprint density at radius 3 is 2.55 bits per heavy atom. The molecule has 1 N–H and O–H groups in total. The molecule has 0 radical (unpaired) electrons. The molecule has 1 unspecified atom stereocenters. The lowest BCUT2D eigenvalue weighted by molar-refractivity contribution is 0.135. The molecule has 0 saturated carbocycles. The Morgan fingerprint density at radius 2 is 1.79 bits per heavy atom. The quantitative estimate of drug-likeness (QED) is 0.631. The van der Waals surface area contributed by atoms with Gasteiger partial charge in [-0.2, -0.15) is 0 Å². The summed E-state index contributed by atoms with van der Waals surface area (Å²) < 4.78 is 34.0. The Hall–Kier alpha value is -2.29. The molecule has 1 amide bonds. The third-order valence-electron chi connectivity index (χ3n) is 6.23. The number of nitrogens with one attached hydrogen (secondary N) is 1. The zero-order valence-corrected chi connectivity index (χ0v) is 20.2. The van der Waals surface area contributed by atoms with Crippen molar-refractivity contribution in [3.8, 4) is 0 Å². The summed E-state index contributed by atoms with van der Waals surface area (Å²) in [7, 11) is -3.86. The summed E-state index contributed by atoms with van der Waals surface area (Å²) in [5, 5.41) is 3.26. The lowest BCUT2D eigenvalue weighted by Gasteiger charge is -2.37. The number of nitrogens with zero attached hydrogens (tertiary/aromatic N) is 2. The fourth-order valence-electron chi connectivity index (χ4n) is 4.49. The van der Waals surface area contributed by atoms with Gasteiger partial charge in [-0.05, 0) is 74.7 Å². The number of hydrogen-bond acceptors (Lipinski definition) is 5. The van der Waals surface area contributed by atoms with Crippen LogP contribution in [0.4, 0.5) is 10.5 Å². The number of rotatable bonds is 7. The van der Waals surface area contributed by atoms with E-state index in [0.717, 1.165) is 25.2 Å². The van der Waals surface area contributed by atoms with Crippen molar-refractivity contribution in [3.05, 3.63) is 59.1 Å². The SMILES string of the molecule is O=C(NCCN1CCCCC1)OCC1CCc2ccccc2N1S(=O)(=O)c1ccc(Cl)cc1. The molecule has 1 atom stereocenters. The first-order valence-electron chi connectivity index (χ1n) is 11.5. The van der Waals surface area contributed by atoms with E-state index in [4.69, 9.17) is 16.3 Å². The minimum atomic E-state index is -3.86. The molecule has 7 nitrogen and oxygen atoms in total. The van der Waals surface area contributed by atoms with Gasteiger partial charge in [-0.3, -0.25) is 4.31 Å². The Labute approximate surface area is 200 Å². The monoisotopic (exact) mass is 491 g/mol. The number of aryl methyl sites for hydroxylation is 1. The second-order valence-electron chi connectivity index (χ2n) is 8.50. The Bertz CT molecular complexity index is 1060. The van der Waals surface area contributed by atoms with E-state index in [1.807, 2.05) is 18.2 Å². The van der Waals surface area contributed by atoms with E-state index in [9.17, 15) is 13.2 Å². The van der Waals surface area contributed by atoms with Gasteiger partial charge in [-0.25, -0.2) is 13.2 Å². The highest BCUT2D eigenvalue weighted by Crippen LogP contribution is 2.35. The predicted octanol–water partition coefficient (Wildman–Crippen LogP) is 4.06. The molecule has 9 heteroatoms. The topological polar surface area (TPSA) is 79.0 Å². The molecule has 0 spiro atoms. The summed E-state index contributed by atoms with van der Waals surface area (Å²) >= 11 is 5.96. The van der Waals surface area contributed by atoms with Crippen LogP contribution >= 0.6 is 11.6 Å². The summed E-state index contributed by atoms with van der Waals surface area (Å²) in [6.07, 6.45) is 4.43. The van der Waals surface area contributed by atoms with Crippen LogP contribution in [0.5, 0.6) is 0 Å². The van der Waals surface area contributed by atoms with Gasteiger partial charge in [-0.15, -0.1) is 0 Å². The maximum absolute atomic E-state index is 13.6. The van der Waals surface area contributed by atoms with Gasteiger partial charge in [-0.1, -0.05) is 36.2 Å². The van der Waals surface area contributed by atoms with Crippen LogP contribution in [0.15, 0.2) is 53.4 Å². The number of hydrogen-bond donors (Lipinski definition) is 1. The predicted molar refractivity (Wildman–Crippen MR) is 129 cm³/mol. The standard InChI is InChI=1S/C24H30ClN3O4S/c25-20-9-12-22(13-10-20)33(30,31)28-21(11-8-19-6-2-3-7-23(19)28)18-32-24(29)26-14-17-27-15-4-1-5-16-27/h2-3,6-7,9-10,12-13,21H,1,4-5,8,11,14-18H2,(H,26,29). The number of carbonyl (C=O) groups is 1. The number of sulfonamides is 1. The molecule has 0 bridgehead atoms. The number of para-hydroxylation sites is 1. The molecular formula is C24H30ClN3O4S. The van der Waals surface area contributed by atoms with Crippen molar-refractivity contribution in [1.82, 2.24) is 10.2 Å². The van der Waals surface area contributed by atoms with Crippen molar-refractivity contribution in [3.63, 3.8) is 0 Å². The van der Waals surface area contributed by atoms with E-state index >= 15 is 0 Å². The maximum atomic E-state index is 13.6. The average Bonchev–Trinajstić information content (AvgIpc) is 2.83. The number of likely N-dealkylation sites (tertiary alicyclic amines) is 1. The van der Waals surface area contributed by atoms with E-state index in [2.05, 4.69) is 10.2 Å². The molecule has 2 heterocycles. The first-order chi connectivity index (χ1) is 15.9. The van der Waals surface area contributed by atoms with Crippen LogP contribution in [0.3, 0.4) is 0 Å². The highest BCUT2D eigenvalue weighted by Gasteiger charge is 2.36. The fraction of sp³-hybridized carbons (Fsp3) is 0.458. The Kier molecular flexibility index (Phi) is 7.78. The highest BCUT2D eigenvalue weighted by molar-refractivity contribution is 7.92. The normalized spacial score (nSPS) is 19.1. The van der Waals surface area contributed by atoms with Gasteiger partial charge in [0, 0.05) is 18.1 Å². The molecule has 2 aliphatic rings. The molecule has 178 valence electrons. The lowest BCUT2D eigenvalue weighted by Crippen LogP contribution is -2.47. The van der Waals surface area contributed by atoms with Gasteiger partial charge in [0.25, 0.3) is 10.0 Å². The molecule has 2 aromatic carbocycles.